The normalized spacial score (nSPS) is 12.0. The largest absolute Gasteiger partial charge is 0.281 e. The van der Waals surface area contributed by atoms with Crippen molar-refractivity contribution in [3.63, 3.8) is 0 Å². The summed E-state index contributed by atoms with van der Waals surface area (Å²) in [6.45, 7) is 4.47. The quantitative estimate of drug-likeness (QED) is 0.616. The standard InChI is InChI=1S/C19H28N2O2S/c1-16(2)10-6-4-3-5-7-15-24(22,23)21-18-13-8-11-17-12-9-14-20-19(17)18/h8-9,11-14,16,21H,3-7,10,15H2,1-2H3. The minimum atomic E-state index is -3.32. The van der Waals surface area contributed by atoms with E-state index in [0.717, 1.165) is 24.1 Å². The van der Waals surface area contributed by atoms with Gasteiger partial charge in [0, 0.05) is 11.6 Å². The Kier molecular flexibility index (Phi) is 7.03. The molecule has 0 unspecified atom stereocenters. The highest BCUT2D eigenvalue weighted by Gasteiger charge is 2.12. The molecule has 0 amide bonds. The Balaban J connectivity index is 1.81. The highest BCUT2D eigenvalue weighted by molar-refractivity contribution is 7.92. The number of hydrogen-bond donors (Lipinski definition) is 1. The molecule has 0 radical (unpaired) electrons. The summed E-state index contributed by atoms with van der Waals surface area (Å²) in [5.74, 6) is 0.921. The minimum Gasteiger partial charge on any atom is -0.281 e. The van der Waals surface area contributed by atoms with Crippen LogP contribution in [0.3, 0.4) is 0 Å². The van der Waals surface area contributed by atoms with E-state index in [9.17, 15) is 8.42 Å². The monoisotopic (exact) mass is 348 g/mol. The lowest BCUT2D eigenvalue weighted by Crippen LogP contribution is -2.17. The fraction of sp³-hybridized carbons (Fsp3) is 0.526. The summed E-state index contributed by atoms with van der Waals surface area (Å²) in [6.07, 6.45) is 8.15. The number of aromatic nitrogens is 1. The maximum Gasteiger partial charge on any atom is 0.232 e. The van der Waals surface area contributed by atoms with Crippen molar-refractivity contribution in [2.75, 3.05) is 10.5 Å². The number of hydrogen-bond acceptors (Lipinski definition) is 3. The molecule has 5 heteroatoms. The molecule has 1 aromatic carbocycles. The van der Waals surface area contributed by atoms with Crippen molar-refractivity contribution >= 4 is 26.6 Å². The summed E-state index contributed by atoms with van der Waals surface area (Å²) in [5.41, 5.74) is 1.25. The number of para-hydroxylation sites is 1. The number of nitrogens with one attached hydrogen (secondary N) is 1. The molecule has 2 rings (SSSR count). The van der Waals surface area contributed by atoms with Crippen LogP contribution in [0.2, 0.25) is 0 Å². The first-order valence-electron chi connectivity index (χ1n) is 8.82. The van der Waals surface area contributed by atoms with E-state index in [2.05, 4.69) is 23.6 Å². The van der Waals surface area contributed by atoms with Crippen molar-refractivity contribution in [2.24, 2.45) is 5.92 Å². The number of benzene rings is 1. The summed E-state index contributed by atoms with van der Waals surface area (Å²) >= 11 is 0. The van der Waals surface area contributed by atoms with E-state index < -0.39 is 10.0 Å². The molecule has 0 bridgehead atoms. The van der Waals surface area contributed by atoms with E-state index in [-0.39, 0.29) is 5.75 Å². The van der Waals surface area contributed by atoms with Gasteiger partial charge in [0.25, 0.3) is 0 Å². The van der Waals surface area contributed by atoms with Gasteiger partial charge in [-0.2, -0.15) is 0 Å². The van der Waals surface area contributed by atoms with Gasteiger partial charge in [0.15, 0.2) is 0 Å². The molecule has 0 saturated heterocycles. The van der Waals surface area contributed by atoms with Crippen molar-refractivity contribution in [2.45, 2.75) is 52.4 Å². The molecule has 1 N–H and O–H groups in total. The molecule has 0 atom stereocenters. The molecule has 132 valence electrons. The van der Waals surface area contributed by atoms with E-state index in [0.29, 0.717) is 17.6 Å². The number of nitrogens with zero attached hydrogens (tertiary/aromatic N) is 1. The van der Waals surface area contributed by atoms with Gasteiger partial charge in [-0.05, 0) is 24.5 Å². The molecule has 0 saturated carbocycles. The average molecular weight is 349 g/mol. The third kappa shape index (κ3) is 6.11. The number of anilines is 1. The van der Waals surface area contributed by atoms with Gasteiger partial charge in [0.1, 0.15) is 0 Å². The number of sulfonamides is 1. The first-order chi connectivity index (χ1) is 11.5. The smallest absolute Gasteiger partial charge is 0.232 e. The predicted octanol–water partition coefficient (Wildman–Crippen LogP) is 4.97. The zero-order chi connectivity index (χ0) is 17.4. The maximum absolute atomic E-state index is 12.3. The second-order valence-corrected chi connectivity index (χ2v) is 8.59. The molecule has 24 heavy (non-hydrogen) atoms. The van der Waals surface area contributed by atoms with Crippen LogP contribution < -0.4 is 4.72 Å². The Bertz CT molecular complexity index is 737. The highest BCUT2D eigenvalue weighted by Crippen LogP contribution is 2.22. The zero-order valence-corrected chi connectivity index (χ0v) is 15.5. The second kappa shape index (κ2) is 9.02. The number of unbranched alkanes of at least 4 members (excludes halogenated alkanes) is 4. The van der Waals surface area contributed by atoms with Crippen molar-refractivity contribution in [1.29, 1.82) is 0 Å². The first kappa shape index (κ1) is 18.7. The molecule has 0 aliphatic carbocycles. The van der Waals surface area contributed by atoms with E-state index in [1.165, 1.54) is 19.3 Å². The lowest BCUT2D eigenvalue weighted by Gasteiger charge is -2.10. The van der Waals surface area contributed by atoms with E-state index in [4.69, 9.17) is 0 Å². The topological polar surface area (TPSA) is 59.1 Å². The summed E-state index contributed by atoms with van der Waals surface area (Å²) in [6, 6.07) is 9.31. The molecule has 4 nitrogen and oxygen atoms in total. The van der Waals surface area contributed by atoms with E-state index >= 15 is 0 Å². The number of rotatable bonds is 10. The Morgan fingerprint density at radius 1 is 1.00 bits per heavy atom. The van der Waals surface area contributed by atoms with Crippen molar-refractivity contribution in [1.82, 2.24) is 4.98 Å². The van der Waals surface area contributed by atoms with Crippen molar-refractivity contribution < 1.29 is 8.42 Å². The van der Waals surface area contributed by atoms with Crippen molar-refractivity contribution in [3.8, 4) is 0 Å². The molecule has 2 aromatic rings. The second-order valence-electron chi connectivity index (χ2n) is 6.75. The third-order valence-electron chi connectivity index (χ3n) is 4.09. The van der Waals surface area contributed by atoms with Crippen molar-refractivity contribution in [3.05, 3.63) is 36.5 Å². The molecule has 1 heterocycles. The van der Waals surface area contributed by atoms with Gasteiger partial charge in [0.2, 0.25) is 10.0 Å². The molecule has 0 fully saturated rings. The molecular formula is C19H28N2O2S. The van der Waals surface area contributed by atoms with Gasteiger partial charge in [-0.25, -0.2) is 8.42 Å². The molecule has 0 spiro atoms. The average Bonchev–Trinajstić information content (AvgIpc) is 2.54. The van der Waals surface area contributed by atoms with Gasteiger partial charge in [-0.3, -0.25) is 9.71 Å². The lowest BCUT2D eigenvalue weighted by atomic mass is 10.0. The zero-order valence-electron chi connectivity index (χ0n) is 14.7. The van der Waals surface area contributed by atoms with Crippen LogP contribution in [0.1, 0.15) is 52.4 Å². The summed E-state index contributed by atoms with van der Waals surface area (Å²) < 4.78 is 27.3. The van der Waals surface area contributed by atoms with Gasteiger partial charge < -0.3 is 0 Å². The summed E-state index contributed by atoms with van der Waals surface area (Å²) in [7, 11) is -3.32. The Labute approximate surface area is 145 Å². The lowest BCUT2D eigenvalue weighted by molar-refractivity contribution is 0.518. The number of fused-ring (bicyclic) bond motifs is 1. The SMILES string of the molecule is CC(C)CCCCCCCS(=O)(=O)Nc1cccc2cccnc12. The molecule has 1 aromatic heterocycles. The highest BCUT2D eigenvalue weighted by atomic mass is 32.2. The van der Waals surface area contributed by atoms with Crippen LogP contribution in [0.25, 0.3) is 10.9 Å². The van der Waals surface area contributed by atoms with Crippen LogP contribution in [0.15, 0.2) is 36.5 Å². The molecule has 0 aliphatic heterocycles. The van der Waals surface area contributed by atoms with Gasteiger partial charge in [0.05, 0.1) is 17.0 Å². The fourth-order valence-corrected chi connectivity index (χ4v) is 3.97. The number of pyridine rings is 1. The Morgan fingerprint density at radius 3 is 2.50 bits per heavy atom. The van der Waals surface area contributed by atoms with E-state index in [1.54, 1.807) is 12.3 Å². The molecule has 0 aliphatic rings. The first-order valence-corrected chi connectivity index (χ1v) is 10.5. The molecular weight excluding hydrogens is 320 g/mol. The predicted molar refractivity (Wildman–Crippen MR) is 102 cm³/mol. The van der Waals surface area contributed by atoms with Crippen LogP contribution in [-0.4, -0.2) is 19.2 Å². The fourth-order valence-electron chi connectivity index (χ4n) is 2.78. The summed E-state index contributed by atoms with van der Waals surface area (Å²) in [5, 5.41) is 0.933. The van der Waals surface area contributed by atoms with Crippen LogP contribution in [0.4, 0.5) is 5.69 Å². The van der Waals surface area contributed by atoms with E-state index in [1.807, 2.05) is 24.3 Å². The van der Waals surface area contributed by atoms with Gasteiger partial charge >= 0.3 is 0 Å². The Morgan fingerprint density at radius 2 is 1.71 bits per heavy atom. The van der Waals surface area contributed by atoms with Gasteiger partial charge in [-0.15, -0.1) is 0 Å². The maximum atomic E-state index is 12.3. The van der Waals surface area contributed by atoms with Crippen LogP contribution in [0, 0.1) is 5.92 Å². The third-order valence-corrected chi connectivity index (χ3v) is 5.45. The van der Waals surface area contributed by atoms with Crippen LogP contribution >= 0.6 is 0 Å². The Hall–Kier alpha value is -1.62. The van der Waals surface area contributed by atoms with Gasteiger partial charge in [-0.1, -0.05) is 64.2 Å². The minimum absolute atomic E-state index is 0.167. The van der Waals surface area contributed by atoms with Crippen LogP contribution in [0.5, 0.6) is 0 Å². The summed E-state index contributed by atoms with van der Waals surface area (Å²) in [4.78, 5) is 4.28. The van der Waals surface area contributed by atoms with Crippen LogP contribution in [-0.2, 0) is 10.0 Å².